The number of halogens is 2. The molecule has 2 aromatic carbocycles. The number of hydrogen-bond acceptors (Lipinski definition) is 3. The van der Waals surface area contributed by atoms with E-state index in [1.54, 1.807) is 30.5 Å². The van der Waals surface area contributed by atoms with Gasteiger partial charge in [-0.2, -0.15) is 0 Å². The van der Waals surface area contributed by atoms with Crippen LogP contribution in [0.2, 0.25) is 0 Å². The van der Waals surface area contributed by atoms with Gasteiger partial charge in [-0.25, -0.2) is 4.39 Å². The standard InChI is InChI=1S/C16H12BrFN2O/c17-11-4-3-10(13(18)8-11)9-21-15-6-5-14(19)12-2-1-7-20-16(12)15/h1-8H,9,19H2. The Labute approximate surface area is 129 Å². The van der Waals surface area contributed by atoms with Crippen LogP contribution in [0, 0.1) is 5.82 Å². The predicted molar refractivity (Wildman–Crippen MR) is 84.6 cm³/mol. The van der Waals surface area contributed by atoms with E-state index >= 15 is 0 Å². The summed E-state index contributed by atoms with van der Waals surface area (Å²) in [5.74, 6) is 0.277. The van der Waals surface area contributed by atoms with Crippen molar-refractivity contribution < 1.29 is 9.13 Å². The normalized spacial score (nSPS) is 10.8. The fourth-order valence-corrected chi connectivity index (χ4v) is 2.41. The van der Waals surface area contributed by atoms with Crippen LogP contribution in [-0.2, 0) is 6.61 Å². The van der Waals surface area contributed by atoms with Crippen molar-refractivity contribution in [1.82, 2.24) is 4.98 Å². The lowest BCUT2D eigenvalue weighted by atomic mass is 10.1. The molecule has 3 rings (SSSR count). The molecule has 1 heterocycles. The first-order valence-electron chi connectivity index (χ1n) is 6.35. The smallest absolute Gasteiger partial charge is 0.146 e. The van der Waals surface area contributed by atoms with Gasteiger partial charge in [0.05, 0.1) is 0 Å². The predicted octanol–water partition coefficient (Wildman–Crippen LogP) is 4.30. The lowest BCUT2D eigenvalue weighted by Crippen LogP contribution is -2.00. The van der Waals surface area contributed by atoms with Gasteiger partial charge in [-0.1, -0.05) is 22.0 Å². The number of pyridine rings is 1. The summed E-state index contributed by atoms with van der Waals surface area (Å²) in [5.41, 5.74) is 7.71. The molecule has 5 heteroatoms. The zero-order valence-corrected chi connectivity index (χ0v) is 12.6. The summed E-state index contributed by atoms with van der Waals surface area (Å²) in [6.45, 7) is 0.134. The SMILES string of the molecule is Nc1ccc(OCc2ccc(Br)cc2F)c2ncccc12. The second-order valence-corrected chi connectivity index (χ2v) is 5.49. The number of hydrogen-bond donors (Lipinski definition) is 1. The van der Waals surface area contributed by atoms with Crippen molar-refractivity contribution in [2.75, 3.05) is 5.73 Å². The summed E-state index contributed by atoms with van der Waals surface area (Å²) < 4.78 is 20.2. The fraction of sp³-hybridized carbons (Fsp3) is 0.0625. The summed E-state index contributed by atoms with van der Waals surface area (Å²) in [4.78, 5) is 4.28. The van der Waals surface area contributed by atoms with Gasteiger partial charge in [0.25, 0.3) is 0 Å². The summed E-state index contributed by atoms with van der Waals surface area (Å²) >= 11 is 3.23. The molecule has 0 unspecified atom stereocenters. The Bertz CT molecular complexity index is 807. The molecule has 0 aliphatic heterocycles. The minimum atomic E-state index is -0.308. The zero-order chi connectivity index (χ0) is 14.8. The molecule has 0 aliphatic rings. The average molecular weight is 347 g/mol. The first-order chi connectivity index (χ1) is 10.1. The molecule has 0 aliphatic carbocycles. The van der Waals surface area contributed by atoms with Gasteiger partial charge in [0, 0.05) is 27.3 Å². The van der Waals surface area contributed by atoms with Crippen molar-refractivity contribution in [3.05, 3.63) is 64.5 Å². The van der Waals surface area contributed by atoms with Crippen LogP contribution in [0.1, 0.15) is 5.56 Å². The Morgan fingerprint density at radius 2 is 2.05 bits per heavy atom. The highest BCUT2D eigenvalue weighted by Gasteiger charge is 2.08. The molecule has 0 bridgehead atoms. The summed E-state index contributed by atoms with van der Waals surface area (Å²) in [7, 11) is 0. The van der Waals surface area contributed by atoms with E-state index in [4.69, 9.17) is 10.5 Å². The molecule has 0 spiro atoms. The van der Waals surface area contributed by atoms with Crippen LogP contribution >= 0.6 is 15.9 Å². The van der Waals surface area contributed by atoms with Gasteiger partial charge in [0.1, 0.15) is 23.7 Å². The maximum atomic E-state index is 13.8. The molecule has 3 aromatic rings. The molecule has 0 saturated heterocycles. The van der Waals surface area contributed by atoms with Crippen molar-refractivity contribution in [2.24, 2.45) is 0 Å². The Balaban J connectivity index is 1.90. The van der Waals surface area contributed by atoms with Crippen LogP contribution in [0.4, 0.5) is 10.1 Å². The number of nitrogen functional groups attached to an aromatic ring is 1. The molecular formula is C16H12BrFN2O. The molecule has 0 atom stereocenters. The van der Waals surface area contributed by atoms with E-state index in [1.165, 1.54) is 6.07 Å². The van der Waals surface area contributed by atoms with E-state index in [1.807, 2.05) is 12.1 Å². The van der Waals surface area contributed by atoms with Crippen molar-refractivity contribution in [1.29, 1.82) is 0 Å². The van der Waals surface area contributed by atoms with Crippen molar-refractivity contribution >= 4 is 32.5 Å². The van der Waals surface area contributed by atoms with E-state index in [-0.39, 0.29) is 12.4 Å². The molecule has 0 fully saturated rings. The average Bonchev–Trinajstić information content (AvgIpc) is 2.48. The Morgan fingerprint density at radius 3 is 2.86 bits per heavy atom. The van der Waals surface area contributed by atoms with Gasteiger partial charge < -0.3 is 10.5 Å². The number of anilines is 1. The Hall–Kier alpha value is -2.14. The monoisotopic (exact) mass is 346 g/mol. The maximum absolute atomic E-state index is 13.8. The molecule has 0 saturated carbocycles. The number of aromatic nitrogens is 1. The van der Waals surface area contributed by atoms with Crippen LogP contribution in [0.15, 0.2) is 53.1 Å². The Kier molecular flexibility index (Phi) is 3.75. The topological polar surface area (TPSA) is 48.1 Å². The van der Waals surface area contributed by atoms with Crippen LogP contribution in [0.5, 0.6) is 5.75 Å². The number of rotatable bonds is 3. The number of fused-ring (bicyclic) bond motifs is 1. The highest BCUT2D eigenvalue weighted by molar-refractivity contribution is 9.10. The largest absolute Gasteiger partial charge is 0.487 e. The van der Waals surface area contributed by atoms with Gasteiger partial charge in [-0.15, -0.1) is 0 Å². The van der Waals surface area contributed by atoms with Crippen LogP contribution in [-0.4, -0.2) is 4.98 Å². The van der Waals surface area contributed by atoms with Gasteiger partial charge in [-0.3, -0.25) is 4.98 Å². The minimum Gasteiger partial charge on any atom is -0.487 e. The first-order valence-corrected chi connectivity index (χ1v) is 7.14. The molecule has 1 aromatic heterocycles. The second kappa shape index (κ2) is 5.69. The highest BCUT2D eigenvalue weighted by Crippen LogP contribution is 2.29. The first kappa shape index (κ1) is 13.8. The van der Waals surface area contributed by atoms with Crippen molar-refractivity contribution in [3.8, 4) is 5.75 Å². The van der Waals surface area contributed by atoms with Crippen LogP contribution < -0.4 is 10.5 Å². The number of benzene rings is 2. The van der Waals surface area contributed by atoms with Gasteiger partial charge in [0.15, 0.2) is 0 Å². The molecule has 106 valence electrons. The van der Waals surface area contributed by atoms with Gasteiger partial charge in [0.2, 0.25) is 0 Å². The van der Waals surface area contributed by atoms with E-state index in [0.717, 1.165) is 5.39 Å². The summed E-state index contributed by atoms with van der Waals surface area (Å²) in [6.07, 6.45) is 1.68. The third-order valence-corrected chi connectivity index (χ3v) is 3.66. The maximum Gasteiger partial charge on any atom is 0.146 e. The molecule has 21 heavy (non-hydrogen) atoms. The van der Waals surface area contributed by atoms with Crippen LogP contribution in [0.3, 0.4) is 0 Å². The van der Waals surface area contributed by atoms with Gasteiger partial charge in [-0.05, 0) is 36.4 Å². The minimum absolute atomic E-state index is 0.134. The van der Waals surface area contributed by atoms with Gasteiger partial charge >= 0.3 is 0 Å². The fourth-order valence-electron chi connectivity index (χ4n) is 2.08. The lowest BCUT2D eigenvalue weighted by Gasteiger charge is -2.10. The molecule has 0 radical (unpaired) electrons. The third-order valence-electron chi connectivity index (χ3n) is 3.16. The van der Waals surface area contributed by atoms with E-state index < -0.39 is 0 Å². The van der Waals surface area contributed by atoms with E-state index in [0.29, 0.717) is 27.0 Å². The van der Waals surface area contributed by atoms with Crippen LogP contribution in [0.25, 0.3) is 10.9 Å². The number of nitrogens with zero attached hydrogens (tertiary/aromatic N) is 1. The van der Waals surface area contributed by atoms with E-state index in [9.17, 15) is 4.39 Å². The van der Waals surface area contributed by atoms with Crippen molar-refractivity contribution in [2.45, 2.75) is 6.61 Å². The highest BCUT2D eigenvalue weighted by atomic mass is 79.9. The quantitative estimate of drug-likeness (QED) is 0.719. The number of nitrogens with two attached hydrogens (primary N) is 1. The number of ether oxygens (including phenoxy) is 1. The Morgan fingerprint density at radius 1 is 1.19 bits per heavy atom. The lowest BCUT2D eigenvalue weighted by molar-refractivity contribution is 0.303. The third kappa shape index (κ3) is 2.83. The molecular weight excluding hydrogens is 335 g/mol. The molecule has 3 nitrogen and oxygen atoms in total. The second-order valence-electron chi connectivity index (χ2n) is 4.58. The van der Waals surface area contributed by atoms with Crippen molar-refractivity contribution in [3.63, 3.8) is 0 Å². The summed E-state index contributed by atoms with van der Waals surface area (Å²) in [5, 5.41) is 0.825. The zero-order valence-electron chi connectivity index (χ0n) is 11.0. The van der Waals surface area contributed by atoms with E-state index in [2.05, 4.69) is 20.9 Å². The summed E-state index contributed by atoms with van der Waals surface area (Å²) in [6, 6.07) is 12.1. The molecule has 2 N–H and O–H groups in total. The molecule has 0 amide bonds.